The number of ether oxygens (including phenoxy) is 7. The van der Waals surface area contributed by atoms with Crippen molar-refractivity contribution in [2.45, 2.75) is 57.8 Å². The van der Waals surface area contributed by atoms with Gasteiger partial charge in [0.05, 0.1) is 59.3 Å². The molecule has 44 heavy (non-hydrogen) atoms. The zero-order valence-electron chi connectivity index (χ0n) is 25.7. The van der Waals surface area contributed by atoms with Gasteiger partial charge in [-0.15, -0.1) is 23.7 Å². The summed E-state index contributed by atoms with van der Waals surface area (Å²) in [6.45, 7) is 3.23. The molecule has 2 fully saturated rings. The summed E-state index contributed by atoms with van der Waals surface area (Å²) in [4.78, 5) is 35.5. The summed E-state index contributed by atoms with van der Waals surface area (Å²) in [5.41, 5.74) is 0. The first kappa shape index (κ1) is 33.9. The van der Waals surface area contributed by atoms with E-state index in [2.05, 4.69) is 29.0 Å². The van der Waals surface area contributed by atoms with Crippen molar-refractivity contribution in [3.8, 4) is 23.7 Å². The smallest absolute Gasteiger partial charge is 0.463 e. The summed E-state index contributed by atoms with van der Waals surface area (Å²) in [6, 6.07) is 0. The van der Waals surface area contributed by atoms with Gasteiger partial charge in [-0.3, -0.25) is 4.79 Å². The van der Waals surface area contributed by atoms with E-state index in [1.54, 1.807) is 0 Å². The summed E-state index contributed by atoms with van der Waals surface area (Å²) < 4.78 is 37.0. The van der Waals surface area contributed by atoms with Crippen molar-refractivity contribution in [1.29, 1.82) is 0 Å². The first-order chi connectivity index (χ1) is 21.6. The molecule has 0 aromatic rings. The largest absolute Gasteiger partial charge is 0.508 e. The number of esters is 1. The van der Waals surface area contributed by atoms with Crippen molar-refractivity contribution in [3.05, 3.63) is 0 Å². The van der Waals surface area contributed by atoms with Crippen LogP contribution in [-0.4, -0.2) is 90.8 Å². The Kier molecular flexibility index (Phi) is 15.0. The normalized spacial score (nSPS) is 26.2. The van der Waals surface area contributed by atoms with Crippen LogP contribution >= 0.6 is 0 Å². The molecule has 0 aromatic carbocycles. The summed E-state index contributed by atoms with van der Waals surface area (Å²) in [7, 11) is 0. The van der Waals surface area contributed by atoms with Gasteiger partial charge in [0.15, 0.2) is 0 Å². The van der Waals surface area contributed by atoms with Gasteiger partial charge in [0.25, 0.3) is 0 Å². The topological polar surface area (TPSA) is 128 Å². The van der Waals surface area contributed by atoms with Crippen LogP contribution in [0.25, 0.3) is 0 Å². The van der Waals surface area contributed by atoms with E-state index in [0.29, 0.717) is 75.1 Å². The molecule has 2 saturated carbocycles. The number of nitrogens with one attached hydrogen (secondary N) is 1. The third kappa shape index (κ3) is 12.6. The molecule has 4 aliphatic carbocycles. The van der Waals surface area contributed by atoms with Gasteiger partial charge in [0.1, 0.15) is 13.2 Å². The Bertz CT molecular complexity index is 1010. The van der Waals surface area contributed by atoms with E-state index in [0.717, 1.165) is 51.4 Å². The molecule has 0 spiro atoms. The fourth-order valence-electron chi connectivity index (χ4n) is 6.27. The summed E-state index contributed by atoms with van der Waals surface area (Å²) in [5.74, 6) is 15.7. The van der Waals surface area contributed by atoms with Gasteiger partial charge in [-0.1, -0.05) is 0 Å². The summed E-state index contributed by atoms with van der Waals surface area (Å²) in [5, 5.41) is 2.60. The van der Waals surface area contributed by atoms with Gasteiger partial charge in [-0.05, 0) is 61.2 Å². The molecule has 0 aromatic heterocycles. The molecule has 11 heteroatoms. The molecule has 4 aliphatic rings. The molecule has 6 atom stereocenters. The Labute approximate surface area is 260 Å². The Balaban J connectivity index is 0.845. The second-order valence-corrected chi connectivity index (χ2v) is 11.6. The molecule has 1 N–H and O–H groups in total. The maximum atomic E-state index is 11.9. The predicted octanol–water partition coefficient (Wildman–Crippen LogP) is 3.73. The molecule has 0 bridgehead atoms. The zero-order chi connectivity index (χ0) is 30.8. The number of alkyl carbamates (subject to hydrolysis) is 1. The van der Waals surface area contributed by atoms with Gasteiger partial charge >= 0.3 is 18.2 Å². The van der Waals surface area contributed by atoms with Crippen molar-refractivity contribution in [3.63, 3.8) is 0 Å². The van der Waals surface area contributed by atoms with Crippen LogP contribution < -0.4 is 5.32 Å². The zero-order valence-corrected chi connectivity index (χ0v) is 25.7. The van der Waals surface area contributed by atoms with Crippen LogP contribution in [0.15, 0.2) is 0 Å². The Morgan fingerprint density at radius 1 is 0.545 bits per heavy atom. The third-order valence-electron chi connectivity index (χ3n) is 8.76. The van der Waals surface area contributed by atoms with E-state index < -0.39 is 18.2 Å². The standard InChI is InChI=1S/C33H47NO10/c35-31(13-14-34-32(36)43-23-29-25-9-5-1-2-6-10-26(25)29)41-21-19-39-17-15-38-16-18-40-20-22-42-33(37)44-24-30-27-11-7-3-4-8-12-28(27)30/h25-30H,5-24H2,(H,34,36)/t25-,26+,27-,28+,29-,30-. The Morgan fingerprint density at radius 2 is 0.977 bits per heavy atom. The highest BCUT2D eigenvalue weighted by atomic mass is 16.7. The summed E-state index contributed by atoms with van der Waals surface area (Å²) in [6.07, 6.45) is 7.00. The number of rotatable bonds is 19. The number of fused-ring (bicyclic) bond motifs is 2. The van der Waals surface area contributed by atoms with Gasteiger partial charge in [0, 0.05) is 32.2 Å². The van der Waals surface area contributed by atoms with Gasteiger partial charge in [0.2, 0.25) is 0 Å². The average Bonchev–Trinajstić information content (AvgIpc) is 3.85. The number of hydrogen-bond donors (Lipinski definition) is 1. The van der Waals surface area contributed by atoms with Gasteiger partial charge < -0.3 is 38.5 Å². The molecule has 0 radical (unpaired) electrons. The van der Waals surface area contributed by atoms with E-state index in [1.165, 1.54) is 0 Å². The fraction of sp³-hybridized carbons (Fsp3) is 0.788. The Morgan fingerprint density at radius 3 is 1.48 bits per heavy atom. The van der Waals surface area contributed by atoms with E-state index >= 15 is 0 Å². The lowest BCUT2D eigenvalue weighted by molar-refractivity contribution is -0.145. The van der Waals surface area contributed by atoms with Crippen LogP contribution in [0.1, 0.15) is 57.8 Å². The third-order valence-corrected chi connectivity index (χ3v) is 8.76. The quantitative estimate of drug-likeness (QED) is 0.0991. The SMILES string of the molecule is O=C(CCNC(=O)OC[C@@H]1[C@@H]2CCC#CCC[C@@H]21)OCCOCCOCCOCCOC(=O)OC[C@@H]1[C@@H]2CCC#CCC[C@@H]21. The summed E-state index contributed by atoms with van der Waals surface area (Å²) >= 11 is 0. The minimum atomic E-state index is -0.650. The fourth-order valence-corrected chi connectivity index (χ4v) is 6.27. The monoisotopic (exact) mass is 617 g/mol. The van der Waals surface area contributed by atoms with E-state index in [-0.39, 0.29) is 39.4 Å². The molecular weight excluding hydrogens is 570 g/mol. The maximum absolute atomic E-state index is 11.9. The lowest BCUT2D eigenvalue weighted by atomic mass is 10.1. The molecule has 1 amide bonds. The lowest BCUT2D eigenvalue weighted by Gasteiger charge is -2.09. The lowest BCUT2D eigenvalue weighted by Crippen LogP contribution is -2.28. The first-order valence-electron chi connectivity index (χ1n) is 16.1. The van der Waals surface area contributed by atoms with Crippen LogP contribution in [0, 0.1) is 59.2 Å². The van der Waals surface area contributed by atoms with Crippen molar-refractivity contribution in [2.24, 2.45) is 35.5 Å². The maximum Gasteiger partial charge on any atom is 0.508 e. The molecule has 244 valence electrons. The number of hydrogen-bond acceptors (Lipinski definition) is 10. The van der Waals surface area contributed by atoms with Crippen LogP contribution in [0.4, 0.5) is 9.59 Å². The van der Waals surface area contributed by atoms with E-state index in [1.807, 2.05) is 0 Å². The van der Waals surface area contributed by atoms with E-state index in [9.17, 15) is 14.4 Å². The highest BCUT2D eigenvalue weighted by Crippen LogP contribution is 2.53. The number of carbonyl (C=O) groups is 3. The van der Waals surface area contributed by atoms with Crippen LogP contribution in [0.3, 0.4) is 0 Å². The molecule has 0 aliphatic heterocycles. The van der Waals surface area contributed by atoms with Crippen LogP contribution in [-0.2, 0) is 38.0 Å². The molecule has 11 nitrogen and oxygen atoms in total. The van der Waals surface area contributed by atoms with Crippen LogP contribution in [0.2, 0.25) is 0 Å². The van der Waals surface area contributed by atoms with Gasteiger partial charge in [-0.2, -0.15) is 0 Å². The van der Waals surface area contributed by atoms with Crippen LogP contribution in [0.5, 0.6) is 0 Å². The van der Waals surface area contributed by atoms with Crippen molar-refractivity contribution >= 4 is 18.2 Å². The second-order valence-electron chi connectivity index (χ2n) is 11.6. The van der Waals surface area contributed by atoms with E-state index in [4.69, 9.17) is 33.2 Å². The highest BCUT2D eigenvalue weighted by Gasteiger charge is 2.50. The highest BCUT2D eigenvalue weighted by molar-refractivity contribution is 5.71. The molecular formula is C33H47NO10. The van der Waals surface area contributed by atoms with Crippen molar-refractivity contribution in [1.82, 2.24) is 5.32 Å². The van der Waals surface area contributed by atoms with Crippen molar-refractivity contribution in [2.75, 3.05) is 72.6 Å². The van der Waals surface area contributed by atoms with Crippen molar-refractivity contribution < 1.29 is 47.5 Å². The molecule has 0 saturated heterocycles. The predicted molar refractivity (Wildman–Crippen MR) is 158 cm³/mol. The average molecular weight is 618 g/mol. The minimum absolute atomic E-state index is 0.0634. The molecule has 0 heterocycles. The second kappa shape index (κ2) is 19.4. The number of amides is 1. The molecule has 0 unspecified atom stereocenters. The number of carbonyl (C=O) groups excluding carboxylic acids is 3. The van der Waals surface area contributed by atoms with Gasteiger partial charge in [-0.25, -0.2) is 9.59 Å². The minimum Gasteiger partial charge on any atom is -0.463 e. The molecule has 4 rings (SSSR count). The first-order valence-corrected chi connectivity index (χ1v) is 16.1. The Hall–Kier alpha value is -2.99.